The van der Waals surface area contributed by atoms with Gasteiger partial charge in [-0.2, -0.15) is 0 Å². The van der Waals surface area contributed by atoms with Gasteiger partial charge in [0.2, 0.25) is 0 Å². The zero-order valence-electron chi connectivity index (χ0n) is 6.09. The molecule has 1 aromatic rings. The van der Waals surface area contributed by atoms with Gasteiger partial charge in [-0.15, -0.1) is 0 Å². The minimum absolute atomic E-state index is 0.140. The molecule has 0 radical (unpaired) electrons. The van der Waals surface area contributed by atoms with Crippen molar-refractivity contribution in [2.45, 2.75) is 0 Å². The van der Waals surface area contributed by atoms with Gasteiger partial charge in [-0.25, -0.2) is 4.79 Å². The molecule has 13 heavy (non-hydrogen) atoms. The van der Waals surface area contributed by atoms with Crippen LogP contribution in [-0.4, -0.2) is 21.8 Å². The summed E-state index contributed by atoms with van der Waals surface area (Å²) in [5.41, 5.74) is 0. The van der Waals surface area contributed by atoms with E-state index in [2.05, 4.69) is 0 Å². The predicted molar refractivity (Wildman–Crippen MR) is 42.9 cm³/mol. The molecule has 0 aliphatic heterocycles. The van der Waals surface area contributed by atoms with E-state index in [0.717, 1.165) is 12.1 Å². The van der Waals surface area contributed by atoms with Crippen molar-refractivity contribution in [1.82, 2.24) is 0 Å². The Labute approximate surface area is 75.6 Å². The molecule has 0 aliphatic carbocycles. The Morgan fingerprint density at radius 2 is 2.08 bits per heavy atom. The van der Waals surface area contributed by atoms with Gasteiger partial charge in [-0.05, 0) is 6.07 Å². The van der Waals surface area contributed by atoms with E-state index in [9.17, 15) is 19.7 Å². The summed E-state index contributed by atoms with van der Waals surface area (Å²) in [6.45, 7) is 0. The number of carboxylic acids is 1. The molecule has 1 aromatic heterocycles. The Morgan fingerprint density at radius 1 is 1.46 bits per heavy atom. The normalized spacial score (nSPS) is 9.54. The molecule has 7 heteroatoms. The highest BCUT2D eigenvalue weighted by Crippen LogP contribution is 2.24. The summed E-state index contributed by atoms with van der Waals surface area (Å²) in [5.74, 6) is -2.74. The standard InChI is InChI=1S/C6H3NO5S/c8-5(6(9)10)3-1-2-4(13-3)7(11)12/h1-2H,(H,9,10). The summed E-state index contributed by atoms with van der Waals surface area (Å²) in [6, 6.07) is 2.22. The van der Waals surface area contributed by atoms with Crippen molar-refractivity contribution in [3.05, 3.63) is 27.1 Å². The Morgan fingerprint density at radius 3 is 2.46 bits per heavy atom. The molecule has 0 aliphatic rings. The zero-order chi connectivity index (χ0) is 10.0. The van der Waals surface area contributed by atoms with E-state index in [1.54, 1.807) is 0 Å². The van der Waals surface area contributed by atoms with Crippen LogP contribution in [0.2, 0.25) is 0 Å². The first-order chi connectivity index (χ1) is 6.02. The van der Waals surface area contributed by atoms with Crippen molar-refractivity contribution in [2.24, 2.45) is 0 Å². The number of hydrogen-bond acceptors (Lipinski definition) is 5. The SMILES string of the molecule is O=C(O)C(=O)c1ccc([N+](=O)[O-])s1. The zero-order valence-corrected chi connectivity index (χ0v) is 6.91. The Hall–Kier alpha value is -1.76. The first-order valence-corrected chi connectivity index (χ1v) is 3.86. The molecule has 6 nitrogen and oxygen atoms in total. The number of rotatable bonds is 3. The molecule has 0 unspecified atom stereocenters. The summed E-state index contributed by atoms with van der Waals surface area (Å²) < 4.78 is 0. The lowest BCUT2D eigenvalue weighted by Crippen LogP contribution is -2.10. The number of hydrogen-bond donors (Lipinski definition) is 1. The van der Waals surface area contributed by atoms with Crippen LogP contribution in [0.1, 0.15) is 9.67 Å². The van der Waals surface area contributed by atoms with E-state index in [1.807, 2.05) is 0 Å². The third kappa shape index (κ3) is 1.88. The second-order valence-electron chi connectivity index (χ2n) is 2.03. The van der Waals surface area contributed by atoms with Crippen LogP contribution < -0.4 is 0 Å². The molecule has 0 atom stereocenters. The molecule has 1 N–H and O–H groups in total. The lowest BCUT2D eigenvalue weighted by molar-refractivity contribution is -0.380. The highest BCUT2D eigenvalue weighted by molar-refractivity contribution is 7.17. The quantitative estimate of drug-likeness (QED) is 0.339. The van der Waals surface area contributed by atoms with Gasteiger partial charge in [-0.1, -0.05) is 11.3 Å². The van der Waals surface area contributed by atoms with Gasteiger partial charge in [0.1, 0.15) is 0 Å². The van der Waals surface area contributed by atoms with Crippen molar-refractivity contribution in [2.75, 3.05) is 0 Å². The third-order valence-corrected chi connectivity index (χ3v) is 2.23. The van der Waals surface area contributed by atoms with Crippen LogP contribution in [0.3, 0.4) is 0 Å². The van der Waals surface area contributed by atoms with Gasteiger partial charge in [-0.3, -0.25) is 14.9 Å². The third-order valence-electron chi connectivity index (χ3n) is 1.19. The fraction of sp³-hybridized carbons (Fsp3) is 0. The van der Waals surface area contributed by atoms with Crippen molar-refractivity contribution < 1.29 is 19.6 Å². The van der Waals surface area contributed by atoms with Crippen LogP contribution in [0.4, 0.5) is 5.00 Å². The number of nitro groups is 1. The van der Waals surface area contributed by atoms with Gasteiger partial charge in [0.25, 0.3) is 5.78 Å². The molecule has 1 rings (SSSR count). The maximum absolute atomic E-state index is 10.8. The first kappa shape index (κ1) is 9.33. The maximum atomic E-state index is 10.8. The molecule has 0 saturated heterocycles. The van der Waals surface area contributed by atoms with Crippen LogP contribution in [-0.2, 0) is 4.79 Å². The lowest BCUT2D eigenvalue weighted by Gasteiger charge is -1.85. The largest absolute Gasteiger partial charge is 0.475 e. The van der Waals surface area contributed by atoms with E-state index >= 15 is 0 Å². The summed E-state index contributed by atoms with van der Waals surface area (Å²) in [7, 11) is 0. The van der Waals surface area contributed by atoms with Gasteiger partial charge in [0.05, 0.1) is 9.80 Å². The minimum atomic E-state index is -1.61. The summed E-state index contributed by atoms with van der Waals surface area (Å²) in [6.07, 6.45) is 0. The number of carbonyl (C=O) groups excluding carboxylic acids is 1. The second-order valence-corrected chi connectivity index (χ2v) is 3.09. The number of ketones is 1. The van der Waals surface area contributed by atoms with Crippen LogP contribution in [0.15, 0.2) is 12.1 Å². The molecule has 0 saturated carbocycles. The fourth-order valence-electron chi connectivity index (χ4n) is 0.653. The molecule has 1 heterocycles. The van der Waals surface area contributed by atoms with Crippen molar-refractivity contribution in [3.63, 3.8) is 0 Å². The fourth-order valence-corrected chi connectivity index (χ4v) is 1.41. The average Bonchev–Trinajstić information content (AvgIpc) is 2.50. The molecule has 68 valence electrons. The lowest BCUT2D eigenvalue weighted by atomic mass is 10.3. The van der Waals surface area contributed by atoms with E-state index in [1.165, 1.54) is 0 Å². The van der Waals surface area contributed by atoms with Gasteiger partial charge in [0, 0.05) is 6.07 Å². The van der Waals surface area contributed by atoms with E-state index in [-0.39, 0.29) is 9.88 Å². The summed E-state index contributed by atoms with van der Waals surface area (Å²) >= 11 is 0.548. The number of aliphatic carboxylic acids is 1. The minimum Gasteiger partial charge on any atom is -0.475 e. The average molecular weight is 201 g/mol. The van der Waals surface area contributed by atoms with Crippen LogP contribution >= 0.6 is 11.3 Å². The smallest absolute Gasteiger partial charge is 0.378 e. The Bertz CT molecular complexity index is 382. The number of carboxylic acid groups (broad SMARTS) is 1. The second kappa shape index (κ2) is 3.31. The maximum Gasteiger partial charge on any atom is 0.378 e. The Balaban J connectivity index is 2.99. The van der Waals surface area contributed by atoms with E-state index in [4.69, 9.17) is 5.11 Å². The highest BCUT2D eigenvalue weighted by atomic mass is 32.1. The van der Waals surface area contributed by atoms with Crippen LogP contribution in [0.5, 0.6) is 0 Å². The molecule has 0 aromatic carbocycles. The monoisotopic (exact) mass is 201 g/mol. The molecule has 0 fully saturated rings. The Kier molecular flexibility index (Phi) is 2.38. The van der Waals surface area contributed by atoms with E-state index in [0.29, 0.717) is 11.3 Å². The molecular weight excluding hydrogens is 198 g/mol. The van der Waals surface area contributed by atoms with Gasteiger partial charge >= 0.3 is 11.0 Å². The molecular formula is C6H3NO5S. The number of Topliss-reactive ketones (excluding diaryl/α,β-unsaturated/α-hetero) is 1. The summed E-state index contributed by atoms with van der Waals surface area (Å²) in [4.78, 5) is 30.3. The number of thiophene rings is 1. The summed E-state index contributed by atoms with van der Waals surface area (Å²) in [5, 5.41) is 18.2. The molecule has 0 spiro atoms. The van der Waals surface area contributed by atoms with Gasteiger partial charge in [0.15, 0.2) is 0 Å². The topological polar surface area (TPSA) is 97.5 Å². The van der Waals surface area contributed by atoms with Gasteiger partial charge < -0.3 is 5.11 Å². The first-order valence-electron chi connectivity index (χ1n) is 3.04. The van der Waals surface area contributed by atoms with Crippen LogP contribution in [0.25, 0.3) is 0 Å². The number of carbonyl (C=O) groups is 2. The van der Waals surface area contributed by atoms with Crippen molar-refractivity contribution >= 4 is 28.1 Å². The molecule has 0 bridgehead atoms. The van der Waals surface area contributed by atoms with Crippen molar-refractivity contribution in [3.8, 4) is 0 Å². The molecule has 0 amide bonds. The predicted octanol–water partition coefficient (Wildman–Crippen LogP) is 0.924. The highest BCUT2D eigenvalue weighted by Gasteiger charge is 2.20. The van der Waals surface area contributed by atoms with Crippen molar-refractivity contribution in [1.29, 1.82) is 0 Å². The van der Waals surface area contributed by atoms with Crippen LogP contribution in [0, 0.1) is 10.1 Å². The van der Waals surface area contributed by atoms with E-state index < -0.39 is 16.7 Å². The number of nitrogens with zero attached hydrogens (tertiary/aromatic N) is 1.